The van der Waals surface area contributed by atoms with Crippen LogP contribution < -0.4 is 0 Å². The second kappa shape index (κ2) is 7.58. The van der Waals surface area contributed by atoms with Crippen LogP contribution in [0.15, 0.2) is 47.6 Å². The molecule has 1 aromatic carbocycles. The number of ether oxygens (including phenoxy) is 1. The van der Waals surface area contributed by atoms with Crippen molar-refractivity contribution in [2.75, 3.05) is 7.11 Å². The average molecular weight is 393 g/mol. The van der Waals surface area contributed by atoms with Crippen molar-refractivity contribution in [1.82, 2.24) is 9.88 Å². The molecule has 1 aliphatic heterocycles. The molecule has 2 amide bonds. The highest BCUT2D eigenvalue weighted by Gasteiger charge is 2.50. The lowest BCUT2D eigenvalue weighted by atomic mass is 9.88. The summed E-state index contributed by atoms with van der Waals surface area (Å²) >= 11 is 0. The van der Waals surface area contributed by atoms with Gasteiger partial charge in [0.25, 0.3) is 11.8 Å². The summed E-state index contributed by atoms with van der Waals surface area (Å²) in [6.45, 7) is 7.19. The molecule has 0 saturated heterocycles. The van der Waals surface area contributed by atoms with Crippen molar-refractivity contribution in [3.63, 3.8) is 0 Å². The van der Waals surface area contributed by atoms with E-state index in [4.69, 9.17) is 4.74 Å². The van der Waals surface area contributed by atoms with Gasteiger partial charge in [-0.2, -0.15) is 0 Å². The summed E-state index contributed by atoms with van der Waals surface area (Å²) < 4.78 is 4.88. The van der Waals surface area contributed by atoms with Gasteiger partial charge in [0.15, 0.2) is 5.84 Å². The van der Waals surface area contributed by atoms with Crippen molar-refractivity contribution >= 4 is 23.6 Å². The van der Waals surface area contributed by atoms with Gasteiger partial charge in [0, 0.05) is 11.8 Å². The minimum atomic E-state index is -1.15. The molecule has 1 aliphatic rings. The number of hydrogen-bond acceptors (Lipinski definition) is 6. The number of carbonyl (C=O) groups excluding carboxylic acids is 3. The van der Waals surface area contributed by atoms with Crippen LogP contribution in [-0.4, -0.2) is 46.2 Å². The summed E-state index contributed by atoms with van der Waals surface area (Å²) in [5.41, 5.74) is 0.224. The van der Waals surface area contributed by atoms with E-state index in [1.165, 1.54) is 7.11 Å². The van der Waals surface area contributed by atoms with Gasteiger partial charge in [-0.3, -0.25) is 14.6 Å². The number of aromatic nitrogens is 1. The number of hydrogen-bond donors (Lipinski definition) is 0. The lowest BCUT2D eigenvalue weighted by Gasteiger charge is -2.25. The zero-order chi connectivity index (χ0) is 21.3. The Labute approximate surface area is 169 Å². The summed E-state index contributed by atoms with van der Waals surface area (Å²) in [7, 11) is 1.27. The van der Waals surface area contributed by atoms with Gasteiger partial charge in [0.05, 0.1) is 12.7 Å². The van der Waals surface area contributed by atoms with Crippen LogP contribution in [0, 0.1) is 12.8 Å². The summed E-state index contributed by atoms with van der Waals surface area (Å²) in [6, 6.07) is 10.1. The third-order valence-corrected chi connectivity index (χ3v) is 5.18. The second-order valence-corrected chi connectivity index (χ2v) is 7.45. The van der Waals surface area contributed by atoms with Crippen molar-refractivity contribution in [2.24, 2.45) is 10.9 Å². The fourth-order valence-electron chi connectivity index (χ4n) is 3.09. The topological polar surface area (TPSA) is 88.9 Å². The van der Waals surface area contributed by atoms with Crippen LogP contribution in [0.2, 0.25) is 0 Å². The highest BCUT2D eigenvalue weighted by Crippen LogP contribution is 2.33. The van der Waals surface area contributed by atoms with Gasteiger partial charge in [-0.1, -0.05) is 32.0 Å². The monoisotopic (exact) mass is 393 g/mol. The van der Waals surface area contributed by atoms with Crippen LogP contribution in [0.25, 0.3) is 0 Å². The Morgan fingerprint density at radius 2 is 1.83 bits per heavy atom. The molecule has 1 unspecified atom stereocenters. The van der Waals surface area contributed by atoms with E-state index in [-0.39, 0.29) is 23.0 Å². The zero-order valence-electron chi connectivity index (χ0n) is 17.1. The predicted molar refractivity (Wildman–Crippen MR) is 108 cm³/mol. The number of amides is 2. The first-order valence-electron chi connectivity index (χ1n) is 9.29. The van der Waals surface area contributed by atoms with Crippen LogP contribution in [0.3, 0.4) is 0 Å². The summed E-state index contributed by atoms with van der Waals surface area (Å²) in [5, 5.41) is 0. The molecule has 0 bridgehead atoms. The number of pyridine rings is 1. The highest BCUT2D eigenvalue weighted by molar-refractivity contribution is 6.28. The number of esters is 1. The molecule has 0 N–H and O–H groups in total. The van der Waals surface area contributed by atoms with Crippen molar-refractivity contribution in [2.45, 2.75) is 33.2 Å². The zero-order valence-corrected chi connectivity index (χ0v) is 17.1. The molecule has 0 saturated carbocycles. The Kier molecular flexibility index (Phi) is 5.33. The lowest BCUT2D eigenvalue weighted by Crippen LogP contribution is -2.47. The van der Waals surface area contributed by atoms with Crippen LogP contribution in [0.4, 0.5) is 0 Å². The molecular weight excluding hydrogens is 370 g/mol. The fourth-order valence-corrected chi connectivity index (χ4v) is 3.09. The van der Waals surface area contributed by atoms with Gasteiger partial charge in [0.1, 0.15) is 11.2 Å². The smallest absolute Gasteiger partial charge is 0.340 e. The molecule has 0 spiro atoms. The van der Waals surface area contributed by atoms with Gasteiger partial charge in [-0.25, -0.2) is 14.7 Å². The number of rotatable bonds is 4. The average Bonchev–Trinajstić information content (AvgIpc) is 2.99. The Morgan fingerprint density at radius 3 is 2.41 bits per heavy atom. The van der Waals surface area contributed by atoms with E-state index >= 15 is 0 Å². The van der Waals surface area contributed by atoms with Gasteiger partial charge >= 0.3 is 5.97 Å². The van der Waals surface area contributed by atoms with Crippen LogP contribution in [0.1, 0.15) is 52.7 Å². The van der Waals surface area contributed by atoms with E-state index in [0.717, 1.165) is 10.5 Å². The van der Waals surface area contributed by atoms with E-state index < -0.39 is 23.3 Å². The summed E-state index contributed by atoms with van der Waals surface area (Å²) in [4.78, 5) is 48.9. The number of carbonyl (C=O) groups is 3. The number of benzene rings is 1. The summed E-state index contributed by atoms with van der Waals surface area (Å²) in [6.07, 6.45) is 1.56. The molecular formula is C22H23N3O4. The molecule has 2 heterocycles. The molecule has 7 heteroatoms. The molecule has 1 atom stereocenters. The van der Waals surface area contributed by atoms with Crippen LogP contribution in [-0.2, 0) is 9.53 Å². The largest absolute Gasteiger partial charge is 0.465 e. The lowest BCUT2D eigenvalue weighted by molar-refractivity contribution is -0.130. The van der Waals surface area contributed by atoms with Gasteiger partial charge in [-0.15, -0.1) is 0 Å². The number of amidine groups is 1. The van der Waals surface area contributed by atoms with Crippen molar-refractivity contribution in [3.05, 3.63) is 65.0 Å². The Balaban J connectivity index is 2.22. The SMILES string of the molecule is COC(=O)c1cc(C)cnc1C1=NC(C)(C(C)C)C(=O)N1C(=O)c1ccccc1. The fraction of sp³-hybridized carbons (Fsp3) is 0.318. The molecule has 29 heavy (non-hydrogen) atoms. The molecule has 0 aliphatic carbocycles. The maximum absolute atomic E-state index is 13.3. The maximum Gasteiger partial charge on any atom is 0.340 e. The number of aliphatic imine (C=N–C) groups is 1. The van der Waals surface area contributed by atoms with Crippen molar-refractivity contribution in [3.8, 4) is 0 Å². The third kappa shape index (κ3) is 3.44. The van der Waals surface area contributed by atoms with E-state index in [0.29, 0.717) is 5.56 Å². The Bertz CT molecular complexity index is 1010. The van der Waals surface area contributed by atoms with Gasteiger partial charge in [-0.05, 0) is 43.5 Å². The van der Waals surface area contributed by atoms with E-state index in [1.807, 2.05) is 13.8 Å². The van der Waals surface area contributed by atoms with Gasteiger partial charge < -0.3 is 4.74 Å². The summed E-state index contributed by atoms with van der Waals surface area (Å²) in [5.74, 6) is -1.70. The number of nitrogens with zero attached hydrogens (tertiary/aromatic N) is 3. The van der Waals surface area contributed by atoms with Gasteiger partial charge in [0.2, 0.25) is 0 Å². The quantitative estimate of drug-likeness (QED) is 0.588. The molecule has 7 nitrogen and oxygen atoms in total. The third-order valence-electron chi connectivity index (χ3n) is 5.18. The predicted octanol–water partition coefficient (Wildman–Crippen LogP) is 3.02. The molecule has 150 valence electrons. The molecule has 1 aromatic heterocycles. The molecule has 0 fully saturated rings. The van der Waals surface area contributed by atoms with Crippen molar-refractivity contribution in [1.29, 1.82) is 0 Å². The molecule has 3 rings (SSSR count). The van der Waals surface area contributed by atoms with E-state index in [9.17, 15) is 14.4 Å². The molecule has 0 radical (unpaired) electrons. The van der Waals surface area contributed by atoms with Crippen LogP contribution in [0.5, 0.6) is 0 Å². The number of methoxy groups -OCH3 is 1. The van der Waals surface area contributed by atoms with Crippen molar-refractivity contribution < 1.29 is 19.1 Å². The normalized spacial score (nSPS) is 18.8. The first-order chi connectivity index (χ1) is 13.7. The standard InChI is InChI=1S/C22H23N3O4/c1-13(2)22(4)21(28)25(19(26)15-9-7-6-8-10-15)18(24-22)17-16(20(27)29-5)11-14(3)12-23-17/h6-13H,1-5H3. The second-order valence-electron chi connectivity index (χ2n) is 7.45. The highest BCUT2D eigenvalue weighted by atomic mass is 16.5. The van der Waals surface area contributed by atoms with E-state index in [2.05, 4.69) is 9.98 Å². The van der Waals surface area contributed by atoms with Crippen LogP contribution >= 0.6 is 0 Å². The number of aryl methyl sites for hydroxylation is 1. The van der Waals surface area contributed by atoms with E-state index in [1.54, 1.807) is 56.4 Å². The Hall–Kier alpha value is -3.35. The first kappa shape index (κ1) is 20.4. The minimum absolute atomic E-state index is 0.0560. The Morgan fingerprint density at radius 1 is 1.17 bits per heavy atom. The minimum Gasteiger partial charge on any atom is -0.465 e. The first-order valence-corrected chi connectivity index (χ1v) is 9.29. The maximum atomic E-state index is 13.3. The molecule has 2 aromatic rings. The number of imide groups is 1.